The van der Waals surface area contributed by atoms with Crippen LogP contribution in [0.25, 0.3) is 11.0 Å². The molecular formula is C14H18ClN3O2. The summed E-state index contributed by atoms with van der Waals surface area (Å²) in [5.74, 6) is -0.171. The molecular weight excluding hydrogens is 278 g/mol. The van der Waals surface area contributed by atoms with Gasteiger partial charge in [-0.05, 0) is 50.1 Å². The molecule has 0 aliphatic heterocycles. The quantitative estimate of drug-likeness (QED) is 0.889. The van der Waals surface area contributed by atoms with E-state index in [4.69, 9.17) is 16.7 Å². The van der Waals surface area contributed by atoms with E-state index in [9.17, 15) is 4.79 Å². The van der Waals surface area contributed by atoms with Gasteiger partial charge in [-0.3, -0.25) is 4.79 Å². The first-order valence-electron chi connectivity index (χ1n) is 6.64. The lowest BCUT2D eigenvalue weighted by Gasteiger charge is -2.12. The van der Waals surface area contributed by atoms with Crippen LogP contribution in [-0.4, -0.2) is 33.2 Å². The minimum atomic E-state index is -0.171. The minimum absolute atomic E-state index is 0.0526. The number of halogens is 1. The summed E-state index contributed by atoms with van der Waals surface area (Å²) in [5.41, 5.74) is 2.16. The number of aromatic nitrogens is 2. The highest BCUT2D eigenvalue weighted by Gasteiger charge is 2.13. The number of imidazole rings is 1. The van der Waals surface area contributed by atoms with Crippen LogP contribution in [0.4, 0.5) is 0 Å². The van der Waals surface area contributed by atoms with E-state index in [2.05, 4.69) is 10.3 Å². The molecule has 2 aromatic rings. The molecule has 0 bridgehead atoms. The summed E-state index contributed by atoms with van der Waals surface area (Å²) in [5, 5.41) is 12.1. The van der Waals surface area contributed by atoms with Crippen LogP contribution in [0.1, 0.15) is 30.6 Å². The number of aryl methyl sites for hydroxylation is 1. The van der Waals surface area contributed by atoms with Gasteiger partial charge in [0.05, 0.1) is 11.0 Å². The number of aliphatic hydroxyl groups is 1. The Kier molecular flexibility index (Phi) is 4.62. The zero-order valence-electron chi connectivity index (χ0n) is 11.6. The second-order valence-electron chi connectivity index (χ2n) is 4.72. The number of rotatable bonds is 5. The van der Waals surface area contributed by atoms with Crippen molar-refractivity contribution in [1.82, 2.24) is 14.9 Å². The van der Waals surface area contributed by atoms with Crippen molar-refractivity contribution in [3.63, 3.8) is 0 Å². The number of benzene rings is 1. The van der Waals surface area contributed by atoms with E-state index >= 15 is 0 Å². The zero-order valence-corrected chi connectivity index (χ0v) is 12.3. The largest absolute Gasteiger partial charge is 0.396 e. The highest BCUT2D eigenvalue weighted by atomic mass is 35.5. The molecule has 1 atom stereocenters. The molecule has 0 aliphatic rings. The summed E-state index contributed by atoms with van der Waals surface area (Å²) in [4.78, 5) is 16.3. The summed E-state index contributed by atoms with van der Waals surface area (Å²) in [6.45, 7) is 4.63. The van der Waals surface area contributed by atoms with E-state index in [0.29, 0.717) is 22.8 Å². The van der Waals surface area contributed by atoms with Crippen LogP contribution in [0.3, 0.4) is 0 Å². The molecule has 0 radical (unpaired) electrons. The highest BCUT2D eigenvalue weighted by molar-refractivity contribution is 6.29. The van der Waals surface area contributed by atoms with E-state index in [1.54, 1.807) is 12.1 Å². The van der Waals surface area contributed by atoms with Gasteiger partial charge in [-0.2, -0.15) is 0 Å². The van der Waals surface area contributed by atoms with Gasteiger partial charge < -0.3 is 15.0 Å². The van der Waals surface area contributed by atoms with Gasteiger partial charge in [-0.15, -0.1) is 0 Å². The average Bonchev–Trinajstić information content (AvgIpc) is 2.72. The molecule has 0 saturated carbocycles. The Labute approximate surface area is 122 Å². The Hall–Kier alpha value is -1.59. The lowest BCUT2D eigenvalue weighted by molar-refractivity contribution is 0.0934. The van der Waals surface area contributed by atoms with Crippen LogP contribution in [0.2, 0.25) is 5.28 Å². The van der Waals surface area contributed by atoms with Crippen molar-refractivity contribution in [3.05, 3.63) is 29.0 Å². The van der Waals surface area contributed by atoms with Crippen molar-refractivity contribution in [2.75, 3.05) is 6.61 Å². The minimum Gasteiger partial charge on any atom is -0.396 e. The Morgan fingerprint density at radius 3 is 2.95 bits per heavy atom. The SMILES string of the molecule is CCn1c(Cl)nc2cc(C(=O)N[C@@H](C)CCO)ccc21. The predicted molar refractivity (Wildman–Crippen MR) is 79.0 cm³/mol. The van der Waals surface area contributed by atoms with Crippen molar-refractivity contribution < 1.29 is 9.90 Å². The summed E-state index contributed by atoms with van der Waals surface area (Å²) < 4.78 is 1.88. The lowest BCUT2D eigenvalue weighted by atomic mass is 10.1. The second-order valence-corrected chi connectivity index (χ2v) is 5.05. The van der Waals surface area contributed by atoms with Gasteiger partial charge in [-0.1, -0.05) is 0 Å². The molecule has 5 nitrogen and oxygen atoms in total. The smallest absolute Gasteiger partial charge is 0.251 e. The normalized spacial score (nSPS) is 12.6. The zero-order chi connectivity index (χ0) is 14.7. The van der Waals surface area contributed by atoms with Gasteiger partial charge in [0.1, 0.15) is 0 Å². The van der Waals surface area contributed by atoms with E-state index in [-0.39, 0.29) is 18.6 Å². The summed E-state index contributed by atoms with van der Waals surface area (Å²) in [7, 11) is 0. The molecule has 0 unspecified atom stereocenters. The van der Waals surface area contributed by atoms with Gasteiger partial charge in [0.25, 0.3) is 5.91 Å². The maximum absolute atomic E-state index is 12.1. The predicted octanol–water partition coefficient (Wildman–Crippen LogP) is 2.21. The molecule has 20 heavy (non-hydrogen) atoms. The Morgan fingerprint density at radius 2 is 2.30 bits per heavy atom. The van der Waals surface area contributed by atoms with Gasteiger partial charge >= 0.3 is 0 Å². The van der Waals surface area contributed by atoms with Gasteiger partial charge in [0.2, 0.25) is 5.28 Å². The second kappa shape index (κ2) is 6.24. The van der Waals surface area contributed by atoms with Crippen LogP contribution >= 0.6 is 11.6 Å². The number of carbonyl (C=O) groups excluding carboxylic acids is 1. The molecule has 0 aliphatic carbocycles. The van der Waals surface area contributed by atoms with E-state index < -0.39 is 0 Å². The molecule has 2 rings (SSSR count). The fourth-order valence-corrected chi connectivity index (χ4v) is 2.42. The number of nitrogens with one attached hydrogen (secondary N) is 1. The van der Waals surface area contributed by atoms with Crippen LogP contribution < -0.4 is 5.32 Å². The first-order chi connectivity index (χ1) is 9.56. The van der Waals surface area contributed by atoms with E-state index in [1.165, 1.54) is 0 Å². The molecule has 6 heteroatoms. The molecule has 0 saturated heterocycles. The summed E-state index contributed by atoms with van der Waals surface area (Å²) >= 11 is 6.05. The summed E-state index contributed by atoms with van der Waals surface area (Å²) in [6.07, 6.45) is 0.532. The highest BCUT2D eigenvalue weighted by Crippen LogP contribution is 2.21. The van der Waals surface area contributed by atoms with Crippen molar-refractivity contribution in [3.8, 4) is 0 Å². The standard InChI is InChI=1S/C14H18ClN3O2/c1-3-18-12-5-4-10(8-11(12)17-14(18)15)13(20)16-9(2)6-7-19/h4-5,8-9,19H,3,6-7H2,1-2H3,(H,16,20)/t9-/m0/s1. The van der Waals surface area contributed by atoms with Crippen LogP contribution in [0.15, 0.2) is 18.2 Å². The topological polar surface area (TPSA) is 67.2 Å². The average molecular weight is 296 g/mol. The molecule has 108 valence electrons. The summed E-state index contributed by atoms with van der Waals surface area (Å²) in [6, 6.07) is 5.27. The maximum atomic E-state index is 12.1. The number of carbonyl (C=O) groups is 1. The Balaban J connectivity index is 2.26. The van der Waals surface area contributed by atoms with Gasteiger partial charge in [0, 0.05) is 24.8 Å². The Bertz CT molecular complexity index is 624. The monoisotopic (exact) mass is 295 g/mol. The van der Waals surface area contributed by atoms with Crippen LogP contribution in [0.5, 0.6) is 0 Å². The molecule has 0 spiro atoms. The van der Waals surface area contributed by atoms with Gasteiger partial charge in [-0.25, -0.2) is 4.98 Å². The number of aliphatic hydroxyl groups excluding tert-OH is 1. The third kappa shape index (κ3) is 2.94. The third-order valence-corrected chi connectivity index (χ3v) is 3.51. The fourth-order valence-electron chi connectivity index (χ4n) is 2.12. The van der Waals surface area contributed by atoms with Crippen molar-refractivity contribution >= 4 is 28.5 Å². The van der Waals surface area contributed by atoms with Crippen LogP contribution in [-0.2, 0) is 6.54 Å². The van der Waals surface area contributed by atoms with Crippen molar-refractivity contribution in [2.24, 2.45) is 0 Å². The molecule has 1 aromatic carbocycles. The lowest BCUT2D eigenvalue weighted by Crippen LogP contribution is -2.33. The number of fused-ring (bicyclic) bond motifs is 1. The molecule has 1 amide bonds. The first kappa shape index (κ1) is 14.8. The van der Waals surface area contributed by atoms with Crippen molar-refractivity contribution in [2.45, 2.75) is 32.9 Å². The van der Waals surface area contributed by atoms with Crippen LogP contribution in [0, 0.1) is 0 Å². The number of nitrogens with zero attached hydrogens (tertiary/aromatic N) is 2. The first-order valence-corrected chi connectivity index (χ1v) is 7.02. The van der Waals surface area contributed by atoms with Gasteiger partial charge in [0.15, 0.2) is 0 Å². The van der Waals surface area contributed by atoms with E-state index in [1.807, 2.05) is 24.5 Å². The van der Waals surface area contributed by atoms with E-state index in [0.717, 1.165) is 12.1 Å². The fraction of sp³-hybridized carbons (Fsp3) is 0.429. The Morgan fingerprint density at radius 1 is 1.55 bits per heavy atom. The molecule has 1 aromatic heterocycles. The van der Waals surface area contributed by atoms with Crippen molar-refractivity contribution in [1.29, 1.82) is 0 Å². The number of hydrogen-bond acceptors (Lipinski definition) is 3. The molecule has 0 fully saturated rings. The number of amides is 1. The third-order valence-electron chi connectivity index (χ3n) is 3.22. The number of hydrogen-bond donors (Lipinski definition) is 2. The maximum Gasteiger partial charge on any atom is 0.251 e. The molecule has 1 heterocycles. The molecule has 2 N–H and O–H groups in total.